The molecule has 0 aromatic heterocycles. The van der Waals surface area contributed by atoms with Crippen LogP contribution in [0.5, 0.6) is 0 Å². The molecular weight excluding hydrogens is 420 g/mol. The van der Waals surface area contributed by atoms with Crippen molar-refractivity contribution in [2.75, 3.05) is 5.32 Å². The smallest absolute Gasteiger partial charge is 0.242 e. The zero-order valence-corrected chi connectivity index (χ0v) is 18.3. The predicted molar refractivity (Wildman–Crippen MR) is 120 cm³/mol. The number of anilines is 1. The SMILES string of the molecule is Cc1ccc(C)c(NC(=O)[C@H](Cc2ccccc2)NS(=O)(=O)c2ccc(Cl)cc2)c1. The number of carbonyl (C=O) groups is 1. The molecule has 0 fully saturated rings. The number of aryl methyl sites for hydroxylation is 2. The first-order chi connectivity index (χ1) is 14.2. The molecule has 1 amide bonds. The summed E-state index contributed by atoms with van der Waals surface area (Å²) < 4.78 is 28.3. The van der Waals surface area contributed by atoms with Crippen LogP contribution in [0.4, 0.5) is 5.69 Å². The Hall–Kier alpha value is -2.67. The molecule has 0 bridgehead atoms. The summed E-state index contributed by atoms with van der Waals surface area (Å²) in [7, 11) is -3.92. The van der Waals surface area contributed by atoms with Crippen LogP contribution in [0.1, 0.15) is 16.7 Å². The Morgan fingerprint density at radius 2 is 1.63 bits per heavy atom. The molecule has 7 heteroatoms. The van der Waals surface area contributed by atoms with Gasteiger partial charge in [0.15, 0.2) is 0 Å². The first-order valence-electron chi connectivity index (χ1n) is 9.44. The highest BCUT2D eigenvalue weighted by molar-refractivity contribution is 7.89. The molecule has 0 heterocycles. The first kappa shape index (κ1) is 22.0. The molecule has 2 N–H and O–H groups in total. The van der Waals surface area contributed by atoms with Crippen LogP contribution in [0.25, 0.3) is 0 Å². The minimum Gasteiger partial charge on any atom is -0.324 e. The van der Waals surface area contributed by atoms with E-state index in [2.05, 4.69) is 10.0 Å². The van der Waals surface area contributed by atoms with Gasteiger partial charge in [-0.25, -0.2) is 8.42 Å². The standard InChI is InChI=1S/C23H23ClN2O3S/c1-16-8-9-17(2)21(14-16)25-23(27)22(15-18-6-4-3-5-7-18)26-30(28,29)20-12-10-19(24)11-13-20/h3-14,22,26H,15H2,1-2H3,(H,25,27)/t22-/m0/s1. The van der Waals surface area contributed by atoms with E-state index in [1.54, 1.807) is 0 Å². The van der Waals surface area contributed by atoms with E-state index in [1.807, 2.05) is 62.4 Å². The van der Waals surface area contributed by atoms with E-state index in [4.69, 9.17) is 11.6 Å². The fraction of sp³-hybridized carbons (Fsp3) is 0.174. The van der Waals surface area contributed by atoms with E-state index in [0.717, 1.165) is 16.7 Å². The Bertz CT molecular complexity index is 1130. The summed E-state index contributed by atoms with van der Waals surface area (Å²) in [6.45, 7) is 3.82. The highest BCUT2D eigenvalue weighted by Crippen LogP contribution is 2.19. The first-order valence-corrected chi connectivity index (χ1v) is 11.3. The second-order valence-electron chi connectivity index (χ2n) is 7.13. The van der Waals surface area contributed by atoms with Gasteiger partial charge >= 0.3 is 0 Å². The highest BCUT2D eigenvalue weighted by Gasteiger charge is 2.26. The number of rotatable bonds is 7. The number of hydrogen-bond acceptors (Lipinski definition) is 3. The number of hydrogen-bond donors (Lipinski definition) is 2. The second kappa shape index (κ2) is 9.43. The normalized spacial score (nSPS) is 12.4. The van der Waals surface area contributed by atoms with Gasteiger partial charge in [0.1, 0.15) is 6.04 Å². The Balaban J connectivity index is 1.88. The summed E-state index contributed by atoms with van der Waals surface area (Å²) in [6.07, 6.45) is 0.213. The molecule has 0 unspecified atom stereocenters. The Morgan fingerprint density at radius 1 is 0.967 bits per heavy atom. The molecule has 0 aliphatic carbocycles. The third-order valence-electron chi connectivity index (χ3n) is 4.67. The molecule has 1 atom stereocenters. The Labute approximate surface area is 182 Å². The quantitative estimate of drug-likeness (QED) is 0.566. The monoisotopic (exact) mass is 442 g/mol. The molecule has 0 spiro atoms. The summed E-state index contributed by atoms with van der Waals surface area (Å²) >= 11 is 5.86. The van der Waals surface area contributed by atoms with Crippen LogP contribution in [0.15, 0.2) is 77.7 Å². The number of halogens is 1. The van der Waals surface area contributed by atoms with E-state index in [1.165, 1.54) is 24.3 Å². The molecule has 30 heavy (non-hydrogen) atoms. The number of nitrogens with one attached hydrogen (secondary N) is 2. The summed E-state index contributed by atoms with van der Waals surface area (Å²) in [4.78, 5) is 13.1. The lowest BCUT2D eigenvalue weighted by molar-refractivity contribution is -0.117. The van der Waals surface area contributed by atoms with Crippen molar-refractivity contribution in [2.45, 2.75) is 31.2 Å². The third-order valence-corrected chi connectivity index (χ3v) is 6.41. The predicted octanol–water partition coefficient (Wildman–Crippen LogP) is 4.49. The van der Waals surface area contributed by atoms with Gasteiger partial charge in [-0.05, 0) is 67.3 Å². The number of carbonyl (C=O) groups excluding carboxylic acids is 1. The molecule has 0 aliphatic rings. The lowest BCUT2D eigenvalue weighted by Gasteiger charge is -2.20. The number of amides is 1. The summed E-state index contributed by atoms with van der Waals surface area (Å²) in [6, 6.07) is 19.8. The minimum absolute atomic E-state index is 0.0458. The van der Waals surface area contributed by atoms with E-state index in [9.17, 15) is 13.2 Å². The average Bonchev–Trinajstić information content (AvgIpc) is 2.71. The Morgan fingerprint density at radius 3 is 2.30 bits per heavy atom. The van der Waals surface area contributed by atoms with Crippen LogP contribution in [-0.4, -0.2) is 20.4 Å². The molecule has 0 radical (unpaired) electrons. The van der Waals surface area contributed by atoms with Crippen LogP contribution in [0.2, 0.25) is 5.02 Å². The molecule has 3 aromatic carbocycles. The maximum absolute atomic E-state index is 13.1. The summed E-state index contributed by atoms with van der Waals surface area (Å²) in [5.74, 6) is -0.426. The molecule has 3 rings (SSSR count). The third kappa shape index (κ3) is 5.69. The molecule has 156 valence electrons. The highest BCUT2D eigenvalue weighted by atomic mass is 35.5. The second-order valence-corrected chi connectivity index (χ2v) is 9.28. The van der Waals surface area contributed by atoms with Crippen molar-refractivity contribution in [1.82, 2.24) is 4.72 Å². The van der Waals surface area contributed by atoms with Gasteiger partial charge in [-0.1, -0.05) is 54.1 Å². The van der Waals surface area contributed by atoms with Crippen molar-refractivity contribution in [3.8, 4) is 0 Å². The van der Waals surface area contributed by atoms with Gasteiger partial charge in [0.05, 0.1) is 4.90 Å². The van der Waals surface area contributed by atoms with E-state index >= 15 is 0 Å². The van der Waals surface area contributed by atoms with Crippen LogP contribution in [0, 0.1) is 13.8 Å². The van der Waals surface area contributed by atoms with Gasteiger partial charge in [-0.15, -0.1) is 0 Å². The van der Waals surface area contributed by atoms with Crippen molar-refractivity contribution < 1.29 is 13.2 Å². The van der Waals surface area contributed by atoms with Gasteiger partial charge in [0.2, 0.25) is 15.9 Å². The van der Waals surface area contributed by atoms with Crippen molar-refractivity contribution in [3.63, 3.8) is 0 Å². The molecule has 3 aromatic rings. The van der Waals surface area contributed by atoms with Crippen LogP contribution in [0.3, 0.4) is 0 Å². The van der Waals surface area contributed by atoms with Gasteiger partial charge in [0.25, 0.3) is 0 Å². The summed E-state index contributed by atoms with van der Waals surface area (Å²) in [5, 5.41) is 3.30. The largest absolute Gasteiger partial charge is 0.324 e. The fourth-order valence-corrected chi connectivity index (χ4v) is 4.32. The lowest BCUT2D eigenvalue weighted by atomic mass is 10.1. The van der Waals surface area contributed by atoms with Crippen LogP contribution < -0.4 is 10.0 Å². The van der Waals surface area contributed by atoms with Crippen LogP contribution in [-0.2, 0) is 21.2 Å². The van der Waals surface area contributed by atoms with Gasteiger partial charge < -0.3 is 5.32 Å². The zero-order valence-electron chi connectivity index (χ0n) is 16.7. The average molecular weight is 443 g/mol. The van der Waals surface area contributed by atoms with Crippen molar-refractivity contribution in [3.05, 3.63) is 94.5 Å². The molecular formula is C23H23ClN2O3S. The van der Waals surface area contributed by atoms with E-state index in [-0.39, 0.29) is 11.3 Å². The maximum atomic E-state index is 13.1. The fourth-order valence-electron chi connectivity index (χ4n) is 3.00. The maximum Gasteiger partial charge on any atom is 0.242 e. The molecule has 0 aliphatic heterocycles. The molecule has 0 saturated heterocycles. The molecule has 5 nitrogen and oxygen atoms in total. The van der Waals surface area contributed by atoms with E-state index < -0.39 is 22.0 Å². The van der Waals surface area contributed by atoms with Crippen molar-refractivity contribution in [1.29, 1.82) is 0 Å². The number of sulfonamides is 1. The topological polar surface area (TPSA) is 75.3 Å². The summed E-state index contributed by atoms with van der Waals surface area (Å²) in [5.41, 5.74) is 3.39. The zero-order chi connectivity index (χ0) is 21.7. The lowest BCUT2D eigenvalue weighted by Crippen LogP contribution is -2.45. The van der Waals surface area contributed by atoms with E-state index in [0.29, 0.717) is 10.7 Å². The Kier molecular flexibility index (Phi) is 6.92. The van der Waals surface area contributed by atoms with Crippen molar-refractivity contribution >= 4 is 33.2 Å². The minimum atomic E-state index is -3.92. The van der Waals surface area contributed by atoms with Gasteiger partial charge in [0, 0.05) is 10.7 Å². The van der Waals surface area contributed by atoms with Gasteiger partial charge in [-0.3, -0.25) is 4.79 Å². The van der Waals surface area contributed by atoms with Crippen molar-refractivity contribution in [2.24, 2.45) is 0 Å². The number of benzene rings is 3. The van der Waals surface area contributed by atoms with Crippen LogP contribution >= 0.6 is 11.6 Å². The molecule has 0 saturated carbocycles. The van der Waals surface area contributed by atoms with Gasteiger partial charge in [-0.2, -0.15) is 4.72 Å².